The topological polar surface area (TPSA) is 22.1 Å². The Bertz CT molecular complexity index is 992. The molecule has 0 radical (unpaired) electrons. The van der Waals surface area contributed by atoms with E-state index >= 15 is 0 Å². The third-order valence-electron chi connectivity index (χ3n) is 5.19. The summed E-state index contributed by atoms with van der Waals surface area (Å²) in [6.45, 7) is 13.6. The molecular formula is C27H30FNO. The van der Waals surface area contributed by atoms with Crippen LogP contribution in [0.5, 0.6) is 0 Å². The maximum Gasteiger partial charge on any atom is 0.123 e. The van der Waals surface area contributed by atoms with Gasteiger partial charge >= 0.3 is 0 Å². The number of ether oxygens (including phenoxy) is 1. The first kappa shape index (κ1) is 21.9. The summed E-state index contributed by atoms with van der Waals surface area (Å²) in [5.74, 6) is 0.230. The van der Waals surface area contributed by atoms with Crippen LogP contribution in [-0.2, 0) is 18.0 Å². The molecule has 0 N–H and O–H groups in total. The zero-order valence-corrected chi connectivity index (χ0v) is 18.3. The fourth-order valence-electron chi connectivity index (χ4n) is 3.74. The van der Waals surface area contributed by atoms with Gasteiger partial charge < -0.3 is 4.74 Å². The highest BCUT2D eigenvalue weighted by atomic mass is 19.1. The molecular weight excluding hydrogens is 373 g/mol. The van der Waals surface area contributed by atoms with Crippen molar-refractivity contribution in [1.29, 1.82) is 0 Å². The lowest BCUT2D eigenvalue weighted by Gasteiger charge is -2.23. The van der Waals surface area contributed by atoms with Crippen molar-refractivity contribution in [3.05, 3.63) is 95.1 Å². The Hall–Kier alpha value is -2.78. The number of hydrogen-bond acceptors (Lipinski definition) is 2. The predicted molar refractivity (Wildman–Crippen MR) is 123 cm³/mol. The van der Waals surface area contributed by atoms with Gasteiger partial charge in [-0.2, -0.15) is 0 Å². The summed E-state index contributed by atoms with van der Waals surface area (Å²) < 4.78 is 19.8. The summed E-state index contributed by atoms with van der Waals surface area (Å²) >= 11 is 0. The number of nitrogens with zero attached hydrogens (tertiary/aromatic N) is 1. The summed E-state index contributed by atoms with van der Waals surface area (Å²) in [6.07, 6.45) is 1.87. The van der Waals surface area contributed by atoms with Gasteiger partial charge in [-0.1, -0.05) is 82.8 Å². The van der Waals surface area contributed by atoms with Gasteiger partial charge in [0.1, 0.15) is 5.82 Å². The molecule has 3 heteroatoms. The van der Waals surface area contributed by atoms with E-state index in [4.69, 9.17) is 9.72 Å². The maximum absolute atomic E-state index is 13.6. The predicted octanol–water partition coefficient (Wildman–Crippen LogP) is 7.49. The Morgan fingerprint density at radius 3 is 2.10 bits per heavy atom. The zero-order chi connectivity index (χ0) is 21.7. The normalized spacial score (nSPS) is 11.3. The van der Waals surface area contributed by atoms with E-state index in [1.165, 1.54) is 12.1 Å². The second-order valence-electron chi connectivity index (χ2n) is 8.15. The average molecular weight is 404 g/mol. The zero-order valence-electron chi connectivity index (χ0n) is 18.3. The third kappa shape index (κ3) is 4.85. The van der Waals surface area contributed by atoms with Crippen LogP contribution in [0.3, 0.4) is 0 Å². The van der Waals surface area contributed by atoms with Crippen LogP contribution in [0.15, 0.2) is 61.2 Å². The van der Waals surface area contributed by atoms with Gasteiger partial charge in [-0.3, -0.25) is 4.98 Å². The van der Waals surface area contributed by atoms with E-state index in [-0.39, 0.29) is 17.7 Å². The quantitative estimate of drug-likeness (QED) is 0.388. The number of aromatic nitrogens is 1. The van der Waals surface area contributed by atoms with E-state index in [1.807, 2.05) is 36.4 Å². The Balaban J connectivity index is 2.13. The van der Waals surface area contributed by atoms with Crippen molar-refractivity contribution in [2.24, 2.45) is 0 Å². The molecule has 0 amide bonds. The Labute approximate surface area is 179 Å². The molecule has 0 saturated carbocycles. The number of rotatable bonds is 8. The van der Waals surface area contributed by atoms with Crippen molar-refractivity contribution in [3.63, 3.8) is 0 Å². The number of hydrogen-bond donors (Lipinski definition) is 0. The van der Waals surface area contributed by atoms with Crippen LogP contribution in [0.1, 0.15) is 67.6 Å². The highest BCUT2D eigenvalue weighted by Gasteiger charge is 2.22. The SMILES string of the molecule is C=Cc1c(C(C)C)nc(C(C)C)c(COCc2ccccc2)c1-c1ccc(F)cc1. The fraction of sp³-hybridized carbons (Fsp3) is 0.296. The third-order valence-corrected chi connectivity index (χ3v) is 5.19. The van der Waals surface area contributed by atoms with Gasteiger partial charge in [0.05, 0.1) is 18.9 Å². The van der Waals surface area contributed by atoms with Crippen molar-refractivity contribution < 1.29 is 9.13 Å². The summed E-state index contributed by atoms with van der Waals surface area (Å²) in [5.41, 5.74) is 7.21. The Kier molecular flexibility index (Phi) is 7.17. The first-order valence-electron chi connectivity index (χ1n) is 10.5. The van der Waals surface area contributed by atoms with Crippen molar-refractivity contribution in [2.45, 2.75) is 52.7 Å². The summed E-state index contributed by atoms with van der Waals surface area (Å²) in [6, 6.07) is 16.8. The van der Waals surface area contributed by atoms with Crippen molar-refractivity contribution >= 4 is 6.08 Å². The smallest absolute Gasteiger partial charge is 0.123 e. The highest BCUT2D eigenvalue weighted by Crippen LogP contribution is 2.37. The monoisotopic (exact) mass is 403 g/mol. The molecule has 3 rings (SSSR count). The highest BCUT2D eigenvalue weighted by molar-refractivity contribution is 5.79. The minimum atomic E-state index is -0.247. The van der Waals surface area contributed by atoms with Gasteiger partial charge in [-0.05, 0) is 40.7 Å². The second kappa shape index (κ2) is 9.82. The first-order chi connectivity index (χ1) is 14.4. The molecule has 0 aliphatic rings. The van der Waals surface area contributed by atoms with Crippen molar-refractivity contribution in [2.75, 3.05) is 0 Å². The molecule has 2 aromatic carbocycles. The molecule has 0 saturated heterocycles. The summed E-state index contributed by atoms with van der Waals surface area (Å²) in [5, 5.41) is 0. The molecule has 1 heterocycles. The molecule has 0 unspecified atom stereocenters. The summed E-state index contributed by atoms with van der Waals surface area (Å²) in [4.78, 5) is 5.05. The second-order valence-corrected chi connectivity index (χ2v) is 8.15. The van der Waals surface area contributed by atoms with E-state index < -0.39 is 0 Å². The molecule has 0 aliphatic heterocycles. The number of halogens is 1. The Morgan fingerprint density at radius 2 is 1.53 bits per heavy atom. The lowest BCUT2D eigenvalue weighted by atomic mass is 9.87. The van der Waals surface area contributed by atoms with Crippen LogP contribution in [0.25, 0.3) is 17.2 Å². The standard InChI is InChI=1S/C27H30FNO/c1-6-23-25(21-12-14-22(28)15-13-21)24(17-30-16-20-10-8-7-9-11-20)27(19(4)5)29-26(23)18(2)3/h6-15,18-19H,1,16-17H2,2-5H3. The molecule has 156 valence electrons. The van der Waals surface area contributed by atoms with E-state index in [0.29, 0.717) is 13.2 Å². The number of pyridine rings is 1. The Morgan fingerprint density at radius 1 is 0.900 bits per heavy atom. The molecule has 3 aromatic rings. The molecule has 1 aromatic heterocycles. The van der Waals surface area contributed by atoms with E-state index in [2.05, 4.69) is 46.4 Å². The van der Waals surface area contributed by atoms with Crippen molar-refractivity contribution in [3.8, 4) is 11.1 Å². The molecule has 0 aliphatic carbocycles. The van der Waals surface area contributed by atoms with Gasteiger partial charge in [-0.25, -0.2) is 4.39 Å². The lowest BCUT2D eigenvalue weighted by molar-refractivity contribution is 0.106. The minimum absolute atomic E-state index is 0.232. The van der Waals surface area contributed by atoms with Gasteiger partial charge in [0.25, 0.3) is 0 Å². The summed E-state index contributed by atoms with van der Waals surface area (Å²) in [7, 11) is 0. The van der Waals surface area contributed by atoms with Crippen LogP contribution < -0.4 is 0 Å². The van der Waals surface area contributed by atoms with Gasteiger partial charge in [0, 0.05) is 16.8 Å². The van der Waals surface area contributed by atoms with Crippen LogP contribution in [-0.4, -0.2) is 4.98 Å². The van der Waals surface area contributed by atoms with Crippen LogP contribution in [0.4, 0.5) is 4.39 Å². The van der Waals surface area contributed by atoms with E-state index in [9.17, 15) is 4.39 Å². The molecule has 0 fully saturated rings. The van der Waals surface area contributed by atoms with Crippen LogP contribution in [0, 0.1) is 5.82 Å². The molecule has 30 heavy (non-hydrogen) atoms. The molecule has 0 spiro atoms. The van der Waals surface area contributed by atoms with Gasteiger partial charge in [-0.15, -0.1) is 0 Å². The lowest BCUT2D eigenvalue weighted by Crippen LogP contribution is -2.11. The van der Waals surface area contributed by atoms with Crippen LogP contribution in [0.2, 0.25) is 0 Å². The van der Waals surface area contributed by atoms with E-state index in [1.54, 1.807) is 0 Å². The molecule has 2 nitrogen and oxygen atoms in total. The average Bonchev–Trinajstić information content (AvgIpc) is 2.74. The van der Waals surface area contributed by atoms with Crippen LogP contribution >= 0.6 is 0 Å². The van der Waals surface area contributed by atoms with Gasteiger partial charge in [0.15, 0.2) is 0 Å². The molecule has 0 bridgehead atoms. The van der Waals surface area contributed by atoms with Gasteiger partial charge in [0.2, 0.25) is 0 Å². The van der Waals surface area contributed by atoms with E-state index in [0.717, 1.165) is 39.2 Å². The first-order valence-corrected chi connectivity index (χ1v) is 10.5. The fourth-order valence-corrected chi connectivity index (χ4v) is 3.74. The minimum Gasteiger partial charge on any atom is -0.372 e. The maximum atomic E-state index is 13.6. The van der Waals surface area contributed by atoms with Crippen molar-refractivity contribution in [1.82, 2.24) is 4.98 Å². The number of benzene rings is 2. The largest absolute Gasteiger partial charge is 0.372 e. The molecule has 0 atom stereocenters.